The molecule has 0 spiro atoms. The Morgan fingerprint density at radius 3 is 1.55 bits per heavy atom. The van der Waals surface area contributed by atoms with Crippen LogP contribution in [0.15, 0.2) is 10.3 Å². The van der Waals surface area contributed by atoms with Gasteiger partial charge in [0.15, 0.2) is 0 Å². The second-order valence-electron chi connectivity index (χ2n) is 4.13. The van der Waals surface area contributed by atoms with E-state index in [9.17, 15) is 0 Å². The van der Waals surface area contributed by atoms with Gasteiger partial charge in [0, 0.05) is 0 Å². The lowest BCUT2D eigenvalue weighted by Gasteiger charge is -2.01. The van der Waals surface area contributed by atoms with E-state index < -0.39 is 0 Å². The Hall–Kier alpha value is -0.520. The second kappa shape index (κ2) is 16.8. The van der Waals surface area contributed by atoms with Gasteiger partial charge in [0.2, 0.25) is 0 Å². The summed E-state index contributed by atoms with van der Waals surface area (Å²) in [7, 11) is 0. The van der Waals surface area contributed by atoms with Crippen LogP contribution >= 0.6 is 24.6 Å². The van der Waals surface area contributed by atoms with Gasteiger partial charge in [-0.15, -0.1) is 8.67 Å². The Morgan fingerprint density at radius 1 is 0.773 bits per heavy atom. The van der Waals surface area contributed by atoms with Crippen LogP contribution in [0.5, 0.6) is 0 Å². The van der Waals surface area contributed by atoms with Crippen molar-refractivity contribution in [2.75, 3.05) is 13.2 Å². The Labute approximate surface area is 140 Å². The van der Waals surface area contributed by atoms with E-state index in [-0.39, 0.29) is 0 Å². The number of nitrogens with zero attached hydrogens (tertiary/aromatic N) is 2. The maximum atomic E-state index is 4.83. The summed E-state index contributed by atoms with van der Waals surface area (Å²) in [5, 5.41) is 7.53. The third kappa shape index (κ3) is 14.4. The standard InChI is InChI=1S/C12H24N2O6S2/c1-5-7-9-15-19-21-17-13-11(3)12(4)14-18-22-20-16-10-8-6-2/h5-10H2,1-4H3. The zero-order valence-electron chi connectivity index (χ0n) is 13.4. The van der Waals surface area contributed by atoms with Crippen LogP contribution < -0.4 is 0 Å². The number of oxime groups is 2. The quantitative estimate of drug-likeness (QED) is 0.140. The van der Waals surface area contributed by atoms with Gasteiger partial charge in [-0.2, -0.15) is 0 Å². The lowest BCUT2D eigenvalue weighted by molar-refractivity contribution is -0.197. The van der Waals surface area contributed by atoms with Gasteiger partial charge in [-0.1, -0.05) is 37.0 Å². The first-order valence-electron chi connectivity index (χ1n) is 7.05. The zero-order valence-corrected chi connectivity index (χ0v) is 15.0. The predicted octanol–water partition coefficient (Wildman–Crippen LogP) is 4.39. The van der Waals surface area contributed by atoms with Gasteiger partial charge in [-0.3, -0.25) is 8.57 Å². The molecule has 0 fully saturated rings. The minimum Gasteiger partial charge on any atom is -0.289 e. The van der Waals surface area contributed by atoms with Crippen LogP contribution in [0.1, 0.15) is 53.4 Å². The molecular formula is C12H24N2O6S2. The molecule has 0 bridgehead atoms. The zero-order chi connectivity index (χ0) is 16.5. The number of unbranched alkanes of at least 4 members (excludes halogenated alkanes) is 2. The molecule has 0 radical (unpaired) electrons. The largest absolute Gasteiger partial charge is 0.289 e. The third-order valence-electron chi connectivity index (χ3n) is 2.25. The first-order valence-corrected chi connectivity index (χ1v) is 8.39. The molecule has 10 heteroatoms. The molecule has 0 saturated heterocycles. The molecule has 8 nitrogen and oxygen atoms in total. The van der Waals surface area contributed by atoms with Crippen LogP contribution in [-0.2, 0) is 27.0 Å². The van der Waals surface area contributed by atoms with Crippen molar-refractivity contribution in [3.8, 4) is 0 Å². The lowest BCUT2D eigenvalue weighted by Crippen LogP contribution is -2.06. The SMILES string of the molecule is CCCCOOSON=C(C)C(C)=NOSOOCCCC. The summed E-state index contributed by atoms with van der Waals surface area (Å²) in [4.78, 5) is 9.63. The Balaban J connectivity index is 3.63. The van der Waals surface area contributed by atoms with Crippen molar-refractivity contribution < 1.29 is 27.0 Å². The minimum atomic E-state index is 0.515. The summed E-state index contributed by atoms with van der Waals surface area (Å²) >= 11 is 1.27. The van der Waals surface area contributed by atoms with Gasteiger partial charge in [-0.25, -0.2) is 9.78 Å². The highest BCUT2D eigenvalue weighted by Crippen LogP contribution is 2.09. The molecule has 0 heterocycles. The van der Waals surface area contributed by atoms with Gasteiger partial charge in [0.05, 0.1) is 13.2 Å². The molecular weight excluding hydrogens is 332 g/mol. The van der Waals surface area contributed by atoms with E-state index in [1.165, 1.54) is 0 Å². The highest BCUT2D eigenvalue weighted by Gasteiger charge is 2.00. The van der Waals surface area contributed by atoms with Crippen LogP contribution in [0.25, 0.3) is 0 Å². The highest BCUT2D eigenvalue weighted by atomic mass is 32.2. The molecule has 0 aromatic carbocycles. The van der Waals surface area contributed by atoms with E-state index in [2.05, 4.69) is 32.8 Å². The molecule has 0 aromatic rings. The van der Waals surface area contributed by atoms with E-state index in [1.54, 1.807) is 13.8 Å². The molecule has 0 aliphatic carbocycles. The molecule has 0 N–H and O–H groups in total. The van der Waals surface area contributed by atoms with Crippen LogP contribution in [0, 0.1) is 0 Å². The van der Waals surface area contributed by atoms with Gasteiger partial charge in [-0.05, 0) is 26.7 Å². The third-order valence-corrected chi connectivity index (χ3v) is 2.82. The summed E-state index contributed by atoms with van der Waals surface area (Å²) in [6.45, 7) is 8.58. The molecule has 0 rings (SSSR count). The highest BCUT2D eigenvalue weighted by molar-refractivity contribution is 7.89. The fourth-order valence-corrected chi connectivity index (χ4v) is 1.36. The molecule has 0 unspecified atom stereocenters. The Bertz CT molecular complexity index is 288. The Morgan fingerprint density at radius 2 is 1.18 bits per heavy atom. The van der Waals surface area contributed by atoms with E-state index >= 15 is 0 Å². The van der Waals surface area contributed by atoms with Crippen molar-refractivity contribution in [1.82, 2.24) is 0 Å². The number of hydrogen-bond donors (Lipinski definition) is 0. The smallest absolute Gasteiger partial charge is 0.285 e. The molecule has 0 saturated carbocycles. The van der Waals surface area contributed by atoms with Gasteiger partial charge in [0.1, 0.15) is 11.4 Å². The summed E-state index contributed by atoms with van der Waals surface area (Å²) in [6.07, 6.45) is 3.92. The van der Waals surface area contributed by atoms with E-state index in [0.29, 0.717) is 49.3 Å². The first-order chi connectivity index (χ1) is 10.7. The van der Waals surface area contributed by atoms with Crippen molar-refractivity contribution in [3.05, 3.63) is 0 Å². The first kappa shape index (κ1) is 21.5. The van der Waals surface area contributed by atoms with Crippen LogP contribution in [0.4, 0.5) is 0 Å². The average molecular weight is 356 g/mol. The molecule has 130 valence electrons. The van der Waals surface area contributed by atoms with E-state index in [1.807, 2.05) is 0 Å². The van der Waals surface area contributed by atoms with Crippen molar-refractivity contribution in [2.24, 2.45) is 10.3 Å². The maximum absolute atomic E-state index is 4.83. The fourth-order valence-electron chi connectivity index (χ4n) is 0.813. The van der Waals surface area contributed by atoms with Crippen LogP contribution in [-0.4, -0.2) is 24.6 Å². The molecule has 0 aliphatic heterocycles. The summed E-state index contributed by atoms with van der Waals surface area (Å²) in [6, 6.07) is 0. The van der Waals surface area contributed by atoms with Crippen molar-refractivity contribution in [1.29, 1.82) is 0 Å². The van der Waals surface area contributed by atoms with Crippen molar-refractivity contribution >= 4 is 36.1 Å². The van der Waals surface area contributed by atoms with Crippen molar-refractivity contribution in [3.63, 3.8) is 0 Å². The monoisotopic (exact) mass is 356 g/mol. The molecule has 0 aliphatic rings. The molecule has 0 aromatic heterocycles. The summed E-state index contributed by atoms with van der Waals surface area (Å²) in [5.41, 5.74) is 1.05. The lowest BCUT2D eigenvalue weighted by atomic mass is 10.3. The maximum Gasteiger partial charge on any atom is 0.285 e. The predicted molar refractivity (Wildman–Crippen MR) is 87.5 cm³/mol. The van der Waals surface area contributed by atoms with Crippen molar-refractivity contribution in [2.45, 2.75) is 53.4 Å². The molecule has 0 atom stereocenters. The minimum absolute atomic E-state index is 0.515. The number of hydrogen-bond acceptors (Lipinski definition) is 10. The normalized spacial score (nSPS) is 12.5. The van der Waals surface area contributed by atoms with Gasteiger partial charge < -0.3 is 0 Å². The summed E-state index contributed by atoms with van der Waals surface area (Å²) in [5.74, 6) is 0. The second-order valence-corrected chi connectivity index (χ2v) is 4.97. The van der Waals surface area contributed by atoms with Crippen LogP contribution in [0.2, 0.25) is 0 Å². The Kier molecular flexibility index (Phi) is 16.4. The van der Waals surface area contributed by atoms with E-state index in [0.717, 1.165) is 25.7 Å². The molecule has 22 heavy (non-hydrogen) atoms. The topological polar surface area (TPSA) is 80.1 Å². The van der Waals surface area contributed by atoms with Gasteiger partial charge in [0.25, 0.3) is 24.6 Å². The summed E-state index contributed by atoms with van der Waals surface area (Å²) < 4.78 is 19.0. The average Bonchev–Trinajstić information content (AvgIpc) is 2.52. The molecule has 0 amide bonds. The fraction of sp³-hybridized carbons (Fsp3) is 0.833. The number of rotatable bonds is 15. The van der Waals surface area contributed by atoms with E-state index in [4.69, 9.17) is 18.3 Å². The van der Waals surface area contributed by atoms with Crippen LogP contribution in [0.3, 0.4) is 0 Å². The van der Waals surface area contributed by atoms with Gasteiger partial charge >= 0.3 is 0 Å².